The maximum absolute atomic E-state index is 10.3. The average molecular weight is 130 g/mol. The summed E-state index contributed by atoms with van der Waals surface area (Å²) in [6.07, 6.45) is 1.59. The third-order valence-electron chi connectivity index (χ3n) is 0.876. The Labute approximate surface area is 51.9 Å². The molecule has 0 aromatic rings. The van der Waals surface area contributed by atoms with Crippen LogP contribution in [0.15, 0.2) is 12.7 Å². The van der Waals surface area contributed by atoms with E-state index in [1.54, 1.807) is 6.08 Å². The molecule has 2 nitrogen and oxygen atoms in total. The van der Waals surface area contributed by atoms with E-state index in [1.807, 2.05) is 0 Å². The summed E-state index contributed by atoms with van der Waals surface area (Å²) < 4.78 is 4.72. The quantitative estimate of drug-likeness (QED) is 0.396. The molecule has 0 aliphatic carbocycles. The summed E-state index contributed by atoms with van der Waals surface area (Å²) in [4.78, 5) is 10.3. The first kappa shape index (κ1) is 5.69. The zero-order chi connectivity index (χ0) is 5.98. The molecule has 1 aliphatic rings. The number of carbonyl (C=O) groups is 1. The summed E-state index contributed by atoms with van der Waals surface area (Å²) >= 11 is 1.20. The molecule has 0 spiro atoms. The van der Waals surface area contributed by atoms with Crippen LogP contribution in [0.4, 0.5) is 4.79 Å². The Hall–Kier alpha value is -0.440. The van der Waals surface area contributed by atoms with E-state index in [4.69, 9.17) is 4.74 Å². The molecule has 0 N–H and O–H groups in total. The molecule has 0 saturated carbocycles. The molecule has 0 amide bonds. The van der Waals surface area contributed by atoms with Gasteiger partial charge in [0.2, 0.25) is 0 Å². The van der Waals surface area contributed by atoms with Gasteiger partial charge in [0, 0.05) is 5.75 Å². The van der Waals surface area contributed by atoms with Gasteiger partial charge in [-0.05, 0) is 11.8 Å². The van der Waals surface area contributed by atoms with Crippen molar-refractivity contribution in [3.8, 4) is 0 Å². The Morgan fingerprint density at radius 2 is 2.75 bits per heavy atom. The van der Waals surface area contributed by atoms with Crippen LogP contribution in [0.1, 0.15) is 0 Å². The van der Waals surface area contributed by atoms with Gasteiger partial charge in [0.1, 0.15) is 6.10 Å². The Kier molecular flexibility index (Phi) is 1.58. The lowest BCUT2D eigenvalue weighted by atomic mass is 10.4. The summed E-state index contributed by atoms with van der Waals surface area (Å²) in [6, 6.07) is 0. The lowest BCUT2D eigenvalue weighted by Crippen LogP contribution is -2.03. The van der Waals surface area contributed by atoms with Gasteiger partial charge in [0.05, 0.1) is 0 Å². The molecular formula is C5H6O2S. The van der Waals surface area contributed by atoms with Crippen LogP contribution in [-0.4, -0.2) is 17.2 Å². The second-order valence-electron chi connectivity index (χ2n) is 1.45. The van der Waals surface area contributed by atoms with E-state index in [1.165, 1.54) is 11.8 Å². The standard InChI is InChI=1S/C5H6O2S/c1-2-4-3-8-5(6)7-4/h2,4H,1,3H2. The van der Waals surface area contributed by atoms with Gasteiger partial charge in [-0.3, -0.25) is 0 Å². The van der Waals surface area contributed by atoms with Crippen molar-refractivity contribution in [1.82, 2.24) is 0 Å². The molecule has 44 valence electrons. The number of hydrogen-bond acceptors (Lipinski definition) is 3. The Bertz CT molecular complexity index is 122. The first-order valence-corrected chi connectivity index (χ1v) is 3.27. The Morgan fingerprint density at radius 1 is 2.00 bits per heavy atom. The number of ether oxygens (including phenoxy) is 1. The minimum atomic E-state index is -0.185. The molecule has 1 aliphatic heterocycles. The van der Waals surface area contributed by atoms with Crippen molar-refractivity contribution < 1.29 is 9.53 Å². The molecule has 1 saturated heterocycles. The summed E-state index contributed by atoms with van der Waals surface area (Å²) in [6.45, 7) is 3.49. The van der Waals surface area contributed by atoms with E-state index in [2.05, 4.69) is 6.58 Å². The van der Waals surface area contributed by atoms with Crippen LogP contribution in [0.25, 0.3) is 0 Å². The van der Waals surface area contributed by atoms with Crippen molar-refractivity contribution in [2.45, 2.75) is 6.10 Å². The molecule has 1 atom stereocenters. The van der Waals surface area contributed by atoms with E-state index in [0.717, 1.165) is 5.75 Å². The first-order valence-electron chi connectivity index (χ1n) is 2.29. The van der Waals surface area contributed by atoms with Crippen LogP contribution in [0.2, 0.25) is 0 Å². The molecule has 1 unspecified atom stereocenters. The number of carbonyl (C=O) groups excluding carboxylic acids is 1. The SMILES string of the molecule is C=CC1CSC(=O)O1. The van der Waals surface area contributed by atoms with Crippen LogP contribution < -0.4 is 0 Å². The minimum Gasteiger partial charge on any atom is -0.449 e. The van der Waals surface area contributed by atoms with Crippen molar-refractivity contribution in [3.05, 3.63) is 12.7 Å². The Morgan fingerprint density at radius 3 is 3.00 bits per heavy atom. The van der Waals surface area contributed by atoms with Crippen LogP contribution in [0.3, 0.4) is 0 Å². The van der Waals surface area contributed by atoms with Gasteiger partial charge in [0.25, 0.3) is 0 Å². The Balaban J connectivity index is 2.43. The highest BCUT2D eigenvalue weighted by Gasteiger charge is 2.20. The maximum atomic E-state index is 10.3. The van der Waals surface area contributed by atoms with Crippen molar-refractivity contribution in [2.24, 2.45) is 0 Å². The number of cyclic esters (lactones) is 1. The lowest BCUT2D eigenvalue weighted by Gasteiger charge is -1.96. The van der Waals surface area contributed by atoms with Gasteiger partial charge < -0.3 is 4.74 Å². The number of hydrogen-bond donors (Lipinski definition) is 0. The molecule has 3 heteroatoms. The van der Waals surface area contributed by atoms with Crippen molar-refractivity contribution >= 4 is 17.1 Å². The summed E-state index contributed by atoms with van der Waals surface area (Å²) in [5.41, 5.74) is 0. The van der Waals surface area contributed by atoms with Gasteiger partial charge >= 0.3 is 5.30 Å². The van der Waals surface area contributed by atoms with Gasteiger partial charge in [-0.1, -0.05) is 12.7 Å². The van der Waals surface area contributed by atoms with Crippen LogP contribution in [-0.2, 0) is 4.74 Å². The first-order chi connectivity index (χ1) is 3.83. The normalized spacial score (nSPS) is 27.5. The van der Waals surface area contributed by atoms with Gasteiger partial charge in [-0.25, -0.2) is 4.79 Å². The fourth-order valence-electron chi connectivity index (χ4n) is 0.458. The van der Waals surface area contributed by atoms with Gasteiger partial charge in [-0.2, -0.15) is 0 Å². The van der Waals surface area contributed by atoms with E-state index >= 15 is 0 Å². The fourth-order valence-corrected chi connectivity index (χ4v) is 1.15. The smallest absolute Gasteiger partial charge is 0.368 e. The van der Waals surface area contributed by atoms with E-state index in [-0.39, 0.29) is 11.4 Å². The van der Waals surface area contributed by atoms with E-state index in [0.29, 0.717) is 0 Å². The second-order valence-corrected chi connectivity index (χ2v) is 2.41. The highest BCUT2D eigenvalue weighted by atomic mass is 32.2. The van der Waals surface area contributed by atoms with Crippen LogP contribution in [0, 0.1) is 0 Å². The molecule has 1 heterocycles. The monoisotopic (exact) mass is 130 g/mol. The zero-order valence-electron chi connectivity index (χ0n) is 4.29. The third kappa shape index (κ3) is 1.04. The average Bonchev–Trinajstić information content (AvgIpc) is 2.14. The third-order valence-corrected chi connectivity index (χ3v) is 1.70. The molecule has 1 fully saturated rings. The molecule has 0 bridgehead atoms. The number of rotatable bonds is 1. The summed E-state index contributed by atoms with van der Waals surface area (Å²) in [5.74, 6) is 0.725. The fraction of sp³-hybridized carbons (Fsp3) is 0.400. The van der Waals surface area contributed by atoms with Crippen LogP contribution >= 0.6 is 11.8 Å². The zero-order valence-corrected chi connectivity index (χ0v) is 5.11. The van der Waals surface area contributed by atoms with Gasteiger partial charge in [-0.15, -0.1) is 0 Å². The molecule has 0 aromatic heterocycles. The van der Waals surface area contributed by atoms with Gasteiger partial charge in [0.15, 0.2) is 0 Å². The van der Waals surface area contributed by atoms with Crippen molar-refractivity contribution in [1.29, 1.82) is 0 Å². The molecule has 1 rings (SSSR count). The van der Waals surface area contributed by atoms with Crippen molar-refractivity contribution in [2.75, 3.05) is 5.75 Å². The van der Waals surface area contributed by atoms with Crippen molar-refractivity contribution in [3.63, 3.8) is 0 Å². The summed E-state index contributed by atoms with van der Waals surface area (Å²) in [5, 5.41) is -0.185. The van der Waals surface area contributed by atoms with E-state index < -0.39 is 0 Å². The highest BCUT2D eigenvalue weighted by Crippen LogP contribution is 2.19. The second kappa shape index (κ2) is 2.22. The highest BCUT2D eigenvalue weighted by molar-refractivity contribution is 8.13. The molecule has 0 aromatic carbocycles. The largest absolute Gasteiger partial charge is 0.449 e. The predicted molar refractivity (Wildman–Crippen MR) is 32.9 cm³/mol. The molecular weight excluding hydrogens is 124 g/mol. The maximum Gasteiger partial charge on any atom is 0.368 e. The topological polar surface area (TPSA) is 26.3 Å². The van der Waals surface area contributed by atoms with E-state index in [9.17, 15) is 4.79 Å². The predicted octanol–water partition coefficient (Wildman–Crippen LogP) is 1.42. The summed E-state index contributed by atoms with van der Waals surface area (Å²) in [7, 11) is 0. The minimum absolute atomic E-state index is 0.0486. The van der Waals surface area contributed by atoms with Crippen LogP contribution in [0.5, 0.6) is 0 Å². The lowest BCUT2D eigenvalue weighted by molar-refractivity contribution is 0.165. The number of thioether (sulfide) groups is 1. The molecule has 0 radical (unpaired) electrons. The molecule has 8 heavy (non-hydrogen) atoms.